The first-order valence-corrected chi connectivity index (χ1v) is 5.39. The molecule has 0 saturated heterocycles. The topological polar surface area (TPSA) is 69.6 Å². The highest BCUT2D eigenvalue weighted by Gasteiger charge is 2.13. The Labute approximate surface area is 96.1 Å². The van der Waals surface area contributed by atoms with E-state index in [-0.39, 0.29) is 18.5 Å². The molecule has 0 saturated carbocycles. The van der Waals surface area contributed by atoms with E-state index >= 15 is 0 Å². The van der Waals surface area contributed by atoms with Gasteiger partial charge in [0.1, 0.15) is 0 Å². The van der Waals surface area contributed by atoms with E-state index < -0.39 is 5.97 Å². The standard InChI is InChI=1S/C11H20N2O3/c1-4-8-13(5-2)11(16)12-9(3)6-7-10(14)15/h4,9H,1,5-8H2,2-3H3,(H,12,16)(H,14,15). The molecule has 0 radical (unpaired) electrons. The van der Waals surface area contributed by atoms with Crippen LogP contribution in [0, 0.1) is 0 Å². The van der Waals surface area contributed by atoms with Crippen LogP contribution in [0.25, 0.3) is 0 Å². The molecule has 2 N–H and O–H groups in total. The molecule has 5 nitrogen and oxygen atoms in total. The van der Waals surface area contributed by atoms with Crippen LogP contribution in [0.15, 0.2) is 12.7 Å². The minimum absolute atomic E-state index is 0.0645. The molecule has 0 rings (SSSR count). The van der Waals surface area contributed by atoms with Crippen molar-refractivity contribution < 1.29 is 14.7 Å². The molecule has 5 heteroatoms. The van der Waals surface area contributed by atoms with Gasteiger partial charge in [0, 0.05) is 25.6 Å². The summed E-state index contributed by atoms with van der Waals surface area (Å²) in [6, 6.07) is -0.317. The fourth-order valence-corrected chi connectivity index (χ4v) is 1.23. The van der Waals surface area contributed by atoms with Crippen molar-refractivity contribution in [1.82, 2.24) is 10.2 Å². The van der Waals surface area contributed by atoms with E-state index in [4.69, 9.17) is 5.11 Å². The average Bonchev–Trinajstić information content (AvgIpc) is 2.22. The second kappa shape index (κ2) is 7.73. The lowest BCUT2D eigenvalue weighted by Crippen LogP contribution is -2.43. The number of nitrogens with zero attached hydrogens (tertiary/aromatic N) is 1. The number of urea groups is 1. The van der Waals surface area contributed by atoms with Gasteiger partial charge >= 0.3 is 12.0 Å². The van der Waals surface area contributed by atoms with Gasteiger partial charge in [-0.15, -0.1) is 6.58 Å². The van der Waals surface area contributed by atoms with Gasteiger partial charge in [-0.05, 0) is 20.3 Å². The Hall–Kier alpha value is -1.52. The Morgan fingerprint density at radius 2 is 2.19 bits per heavy atom. The Bertz CT molecular complexity index is 254. The zero-order chi connectivity index (χ0) is 12.6. The first-order chi connectivity index (χ1) is 7.51. The van der Waals surface area contributed by atoms with Crippen LogP contribution < -0.4 is 5.32 Å². The van der Waals surface area contributed by atoms with Crippen LogP contribution >= 0.6 is 0 Å². The number of likely N-dealkylation sites (N-methyl/N-ethyl adjacent to an activating group) is 1. The number of carboxylic acid groups (broad SMARTS) is 1. The summed E-state index contributed by atoms with van der Waals surface area (Å²) in [5.41, 5.74) is 0. The molecule has 1 unspecified atom stereocenters. The van der Waals surface area contributed by atoms with E-state index in [2.05, 4.69) is 11.9 Å². The monoisotopic (exact) mass is 228 g/mol. The number of carbonyl (C=O) groups is 2. The Morgan fingerprint density at radius 1 is 1.56 bits per heavy atom. The average molecular weight is 228 g/mol. The summed E-state index contributed by atoms with van der Waals surface area (Å²) in [5.74, 6) is -0.848. The number of hydrogen-bond acceptors (Lipinski definition) is 2. The van der Waals surface area contributed by atoms with E-state index in [0.717, 1.165) is 0 Å². The van der Waals surface area contributed by atoms with Crippen molar-refractivity contribution in [1.29, 1.82) is 0 Å². The lowest BCUT2D eigenvalue weighted by Gasteiger charge is -2.22. The first kappa shape index (κ1) is 14.5. The minimum Gasteiger partial charge on any atom is -0.481 e. The molecule has 0 heterocycles. The van der Waals surface area contributed by atoms with Gasteiger partial charge in [-0.1, -0.05) is 6.08 Å². The van der Waals surface area contributed by atoms with Gasteiger partial charge in [-0.3, -0.25) is 4.79 Å². The number of aliphatic carboxylic acids is 1. The van der Waals surface area contributed by atoms with Crippen LogP contribution in [0.5, 0.6) is 0 Å². The third kappa shape index (κ3) is 6.06. The van der Waals surface area contributed by atoms with Crippen molar-refractivity contribution in [3.05, 3.63) is 12.7 Å². The van der Waals surface area contributed by atoms with E-state index in [0.29, 0.717) is 19.5 Å². The third-order valence-electron chi connectivity index (χ3n) is 2.18. The van der Waals surface area contributed by atoms with Crippen molar-refractivity contribution >= 4 is 12.0 Å². The van der Waals surface area contributed by atoms with Crippen molar-refractivity contribution in [2.45, 2.75) is 32.7 Å². The maximum Gasteiger partial charge on any atom is 0.317 e. The predicted octanol–water partition coefficient (Wildman–Crippen LogP) is 1.46. The summed E-state index contributed by atoms with van der Waals surface area (Å²) < 4.78 is 0. The number of hydrogen-bond donors (Lipinski definition) is 2. The smallest absolute Gasteiger partial charge is 0.317 e. The normalized spacial score (nSPS) is 11.6. The molecule has 1 atom stereocenters. The largest absolute Gasteiger partial charge is 0.481 e. The molecule has 16 heavy (non-hydrogen) atoms. The number of nitrogens with one attached hydrogen (secondary N) is 1. The Morgan fingerprint density at radius 3 is 2.62 bits per heavy atom. The van der Waals surface area contributed by atoms with Gasteiger partial charge in [0.05, 0.1) is 0 Å². The zero-order valence-electron chi connectivity index (χ0n) is 9.90. The summed E-state index contributed by atoms with van der Waals surface area (Å²) in [6.07, 6.45) is 2.16. The van der Waals surface area contributed by atoms with Crippen LogP contribution in [-0.2, 0) is 4.79 Å². The van der Waals surface area contributed by atoms with Gasteiger partial charge in [0.2, 0.25) is 0 Å². The molecular formula is C11H20N2O3. The predicted molar refractivity (Wildman–Crippen MR) is 62.3 cm³/mol. The molecule has 2 amide bonds. The van der Waals surface area contributed by atoms with Crippen LogP contribution in [0.1, 0.15) is 26.7 Å². The van der Waals surface area contributed by atoms with Gasteiger partial charge in [-0.25, -0.2) is 4.79 Å². The molecule has 0 aliphatic rings. The molecule has 0 aliphatic carbocycles. The van der Waals surface area contributed by atoms with Crippen LogP contribution in [0.2, 0.25) is 0 Å². The molecule has 0 aromatic rings. The maximum atomic E-state index is 11.6. The van der Waals surface area contributed by atoms with Crippen molar-refractivity contribution in [3.63, 3.8) is 0 Å². The van der Waals surface area contributed by atoms with E-state index in [1.807, 2.05) is 6.92 Å². The number of carbonyl (C=O) groups excluding carboxylic acids is 1. The highest BCUT2D eigenvalue weighted by atomic mass is 16.4. The van der Waals surface area contributed by atoms with Gasteiger partial charge < -0.3 is 15.3 Å². The fraction of sp³-hybridized carbons (Fsp3) is 0.636. The molecule has 0 aromatic carbocycles. The van der Waals surface area contributed by atoms with Crippen LogP contribution in [0.3, 0.4) is 0 Å². The van der Waals surface area contributed by atoms with Gasteiger partial charge in [0.15, 0.2) is 0 Å². The minimum atomic E-state index is -0.848. The second-order valence-electron chi connectivity index (χ2n) is 3.61. The fourth-order valence-electron chi connectivity index (χ4n) is 1.23. The van der Waals surface area contributed by atoms with E-state index in [1.165, 1.54) is 0 Å². The van der Waals surface area contributed by atoms with Crippen molar-refractivity contribution in [3.8, 4) is 0 Å². The van der Waals surface area contributed by atoms with E-state index in [1.54, 1.807) is 17.9 Å². The molecular weight excluding hydrogens is 208 g/mol. The number of carboxylic acids is 1. The highest BCUT2D eigenvalue weighted by Crippen LogP contribution is 1.98. The van der Waals surface area contributed by atoms with E-state index in [9.17, 15) is 9.59 Å². The van der Waals surface area contributed by atoms with Crippen molar-refractivity contribution in [2.75, 3.05) is 13.1 Å². The molecule has 92 valence electrons. The SMILES string of the molecule is C=CCN(CC)C(=O)NC(C)CCC(=O)O. The summed E-state index contributed by atoms with van der Waals surface area (Å²) in [6.45, 7) is 8.34. The van der Waals surface area contributed by atoms with Crippen LogP contribution in [-0.4, -0.2) is 41.1 Å². The second-order valence-corrected chi connectivity index (χ2v) is 3.61. The summed E-state index contributed by atoms with van der Waals surface area (Å²) in [5, 5.41) is 11.2. The lowest BCUT2D eigenvalue weighted by molar-refractivity contribution is -0.137. The maximum absolute atomic E-state index is 11.6. The number of rotatable bonds is 7. The van der Waals surface area contributed by atoms with Crippen LogP contribution in [0.4, 0.5) is 4.79 Å². The molecule has 0 spiro atoms. The summed E-state index contributed by atoms with van der Waals surface area (Å²) in [4.78, 5) is 23.6. The molecule has 0 fully saturated rings. The Kier molecular flexibility index (Phi) is 7.00. The first-order valence-electron chi connectivity index (χ1n) is 5.39. The Balaban J connectivity index is 4.00. The zero-order valence-corrected chi connectivity index (χ0v) is 9.90. The van der Waals surface area contributed by atoms with Gasteiger partial charge in [-0.2, -0.15) is 0 Å². The third-order valence-corrected chi connectivity index (χ3v) is 2.18. The molecule has 0 aliphatic heterocycles. The highest BCUT2D eigenvalue weighted by molar-refractivity contribution is 5.74. The van der Waals surface area contributed by atoms with Crippen molar-refractivity contribution in [2.24, 2.45) is 0 Å². The quantitative estimate of drug-likeness (QED) is 0.648. The summed E-state index contributed by atoms with van der Waals surface area (Å²) >= 11 is 0. The summed E-state index contributed by atoms with van der Waals surface area (Å²) in [7, 11) is 0. The molecule has 0 bridgehead atoms. The lowest BCUT2D eigenvalue weighted by atomic mass is 10.2. The number of amides is 2. The van der Waals surface area contributed by atoms with Gasteiger partial charge in [0.25, 0.3) is 0 Å². The molecule has 0 aromatic heterocycles.